The lowest BCUT2D eigenvalue weighted by Crippen LogP contribution is -2.39. The molecular weight excluding hydrogens is 262 g/mol. The van der Waals surface area contributed by atoms with Gasteiger partial charge in [0.2, 0.25) is 5.91 Å². The Labute approximate surface area is 116 Å². The van der Waals surface area contributed by atoms with Crippen molar-refractivity contribution in [3.05, 3.63) is 22.4 Å². The predicted molar refractivity (Wildman–Crippen MR) is 74.9 cm³/mol. The van der Waals surface area contributed by atoms with E-state index in [2.05, 4.69) is 29.7 Å². The van der Waals surface area contributed by atoms with Crippen molar-refractivity contribution < 1.29 is 9.59 Å². The first kappa shape index (κ1) is 13.7. The molecule has 0 aliphatic carbocycles. The second-order valence-electron chi connectivity index (χ2n) is 4.80. The first-order chi connectivity index (χ1) is 9.08. The van der Waals surface area contributed by atoms with Gasteiger partial charge in [0, 0.05) is 17.7 Å². The molecule has 5 nitrogen and oxygen atoms in total. The largest absolute Gasteiger partial charge is 0.343 e. The molecule has 1 aliphatic rings. The summed E-state index contributed by atoms with van der Waals surface area (Å²) in [5.41, 5.74) is 2.73. The molecule has 19 heavy (non-hydrogen) atoms. The van der Waals surface area contributed by atoms with Gasteiger partial charge in [-0.1, -0.05) is 19.9 Å². The average Bonchev–Trinajstić information content (AvgIpc) is 2.89. The highest BCUT2D eigenvalue weighted by Gasteiger charge is 2.24. The number of hydrazone groups is 1. The highest BCUT2D eigenvalue weighted by atomic mass is 32.1. The van der Waals surface area contributed by atoms with Crippen molar-refractivity contribution in [2.45, 2.75) is 32.7 Å². The van der Waals surface area contributed by atoms with Crippen LogP contribution in [-0.2, 0) is 9.59 Å². The molecule has 2 amide bonds. The van der Waals surface area contributed by atoms with E-state index in [0.717, 1.165) is 4.88 Å². The summed E-state index contributed by atoms with van der Waals surface area (Å²) < 4.78 is 0. The number of nitrogens with zero attached hydrogens (tertiary/aromatic N) is 1. The van der Waals surface area contributed by atoms with E-state index in [1.54, 1.807) is 11.3 Å². The molecule has 2 N–H and O–H groups in total. The summed E-state index contributed by atoms with van der Waals surface area (Å²) in [6, 6.07) is 3.97. The van der Waals surface area contributed by atoms with Crippen LogP contribution in [0.2, 0.25) is 0 Å². The molecule has 0 fully saturated rings. The zero-order chi connectivity index (χ0) is 13.8. The fourth-order valence-electron chi connectivity index (χ4n) is 1.90. The van der Waals surface area contributed by atoms with Crippen molar-refractivity contribution in [2.24, 2.45) is 11.0 Å². The smallest absolute Gasteiger partial charge is 0.268 e. The molecule has 1 aliphatic heterocycles. The van der Waals surface area contributed by atoms with Crippen LogP contribution in [0.3, 0.4) is 0 Å². The van der Waals surface area contributed by atoms with Gasteiger partial charge in [-0.3, -0.25) is 9.59 Å². The van der Waals surface area contributed by atoms with E-state index in [4.69, 9.17) is 0 Å². The minimum atomic E-state index is -0.202. The van der Waals surface area contributed by atoms with Crippen molar-refractivity contribution in [3.63, 3.8) is 0 Å². The fourth-order valence-corrected chi connectivity index (χ4v) is 2.85. The van der Waals surface area contributed by atoms with Gasteiger partial charge in [-0.15, -0.1) is 11.3 Å². The van der Waals surface area contributed by atoms with E-state index in [0.29, 0.717) is 24.5 Å². The van der Waals surface area contributed by atoms with Gasteiger partial charge in [-0.2, -0.15) is 5.10 Å². The van der Waals surface area contributed by atoms with Crippen LogP contribution in [0.25, 0.3) is 0 Å². The summed E-state index contributed by atoms with van der Waals surface area (Å²) in [6.07, 6.45) is 0.713. The molecule has 1 aromatic rings. The molecule has 0 radical (unpaired) electrons. The van der Waals surface area contributed by atoms with Crippen LogP contribution < -0.4 is 10.7 Å². The fraction of sp³-hybridized carbons (Fsp3) is 0.462. The molecule has 1 atom stereocenters. The number of rotatable bonds is 4. The highest BCUT2D eigenvalue weighted by molar-refractivity contribution is 7.10. The Morgan fingerprint density at radius 3 is 2.79 bits per heavy atom. The maximum Gasteiger partial charge on any atom is 0.268 e. The Balaban J connectivity index is 2.06. The van der Waals surface area contributed by atoms with Crippen LogP contribution in [0.1, 0.15) is 37.6 Å². The van der Waals surface area contributed by atoms with Crippen LogP contribution in [0.4, 0.5) is 0 Å². The molecule has 1 aromatic heterocycles. The maximum atomic E-state index is 12.1. The molecule has 2 heterocycles. The summed E-state index contributed by atoms with van der Waals surface area (Å²) in [5, 5.41) is 8.80. The number of hydrogen-bond acceptors (Lipinski definition) is 4. The molecule has 0 aromatic carbocycles. The monoisotopic (exact) mass is 279 g/mol. The SMILES string of the molecule is CC(C)C(NC(=O)C1=NNC(=O)CC1)c1cccs1. The lowest BCUT2D eigenvalue weighted by atomic mass is 10.0. The third-order valence-corrected chi connectivity index (χ3v) is 3.92. The first-order valence-electron chi connectivity index (χ1n) is 6.27. The minimum absolute atomic E-state index is 0.0205. The number of nitrogens with one attached hydrogen (secondary N) is 2. The van der Waals surface area contributed by atoms with Gasteiger partial charge in [0.15, 0.2) is 0 Å². The van der Waals surface area contributed by atoms with Gasteiger partial charge in [-0.25, -0.2) is 5.43 Å². The summed E-state index contributed by atoms with van der Waals surface area (Å²) in [5.74, 6) is -0.0521. The third kappa shape index (κ3) is 3.41. The molecule has 1 unspecified atom stereocenters. The third-order valence-electron chi connectivity index (χ3n) is 2.97. The predicted octanol–water partition coefficient (Wildman–Crippen LogP) is 1.83. The average molecular weight is 279 g/mol. The summed E-state index contributed by atoms with van der Waals surface area (Å²) in [6.45, 7) is 4.13. The van der Waals surface area contributed by atoms with Crippen LogP contribution in [0.15, 0.2) is 22.6 Å². The number of thiophene rings is 1. The van der Waals surface area contributed by atoms with Gasteiger partial charge >= 0.3 is 0 Å². The summed E-state index contributed by atoms with van der Waals surface area (Å²) in [4.78, 5) is 24.3. The topological polar surface area (TPSA) is 70.6 Å². The lowest BCUT2D eigenvalue weighted by Gasteiger charge is -2.22. The van der Waals surface area contributed by atoms with Crippen LogP contribution in [-0.4, -0.2) is 17.5 Å². The molecule has 6 heteroatoms. The van der Waals surface area contributed by atoms with E-state index in [1.165, 1.54) is 0 Å². The number of carbonyl (C=O) groups excluding carboxylic acids is 2. The molecule has 102 valence electrons. The Morgan fingerprint density at radius 1 is 1.47 bits per heavy atom. The molecular formula is C13H17N3O2S. The van der Waals surface area contributed by atoms with Gasteiger partial charge in [0.1, 0.15) is 5.71 Å². The second kappa shape index (κ2) is 5.97. The van der Waals surface area contributed by atoms with Crippen LogP contribution >= 0.6 is 11.3 Å². The van der Waals surface area contributed by atoms with Crippen molar-refractivity contribution in [2.75, 3.05) is 0 Å². The van der Waals surface area contributed by atoms with Gasteiger partial charge < -0.3 is 5.32 Å². The van der Waals surface area contributed by atoms with Crippen LogP contribution in [0.5, 0.6) is 0 Å². The Bertz CT molecular complexity index is 494. The zero-order valence-electron chi connectivity index (χ0n) is 11.0. The zero-order valence-corrected chi connectivity index (χ0v) is 11.8. The molecule has 0 bridgehead atoms. The standard InChI is InChI=1S/C13H17N3O2S/c1-8(2)12(10-4-3-7-19-10)14-13(18)9-5-6-11(17)16-15-9/h3-4,7-8,12H,5-6H2,1-2H3,(H,14,18)(H,16,17). The van der Waals surface area contributed by atoms with Crippen molar-refractivity contribution in [1.29, 1.82) is 0 Å². The Kier molecular flexibility index (Phi) is 4.31. The number of amides is 2. The number of hydrogen-bond donors (Lipinski definition) is 2. The normalized spacial score (nSPS) is 16.8. The summed E-state index contributed by atoms with van der Waals surface area (Å²) >= 11 is 1.62. The Hall–Kier alpha value is -1.69. The summed E-state index contributed by atoms with van der Waals surface area (Å²) in [7, 11) is 0. The lowest BCUT2D eigenvalue weighted by molar-refractivity contribution is -0.121. The van der Waals surface area contributed by atoms with Gasteiger partial charge in [-0.05, 0) is 17.4 Å². The van der Waals surface area contributed by atoms with E-state index in [-0.39, 0.29) is 17.9 Å². The van der Waals surface area contributed by atoms with Crippen molar-refractivity contribution in [3.8, 4) is 0 Å². The first-order valence-corrected chi connectivity index (χ1v) is 7.15. The quantitative estimate of drug-likeness (QED) is 0.882. The highest BCUT2D eigenvalue weighted by Crippen LogP contribution is 2.25. The number of carbonyl (C=O) groups is 2. The second-order valence-corrected chi connectivity index (χ2v) is 5.78. The van der Waals surface area contributed by atoms with Gasteiger partial charge in [0.25, 0.3) is 5.91 Å². The molecule has 0 spiro atoms. The van der Waals surface area contributed by atoms with E-state index in [9.17, 15) is 9.59 Å². The van der Waals surface area contributed by atoms with Gasteiger partial charge in [0.05, 0.1) is 6.04 Å². The van der Waals surface area contributed by atoms with Crippen molar-refractivity contribution in [1.82, 2.24) is 10.7 Å². The van der Waals surface area contributed by atoms with Crippen LogP contribution in [0, 0.1) is 5.92 Å². The molecule has 2 rings (SSSR count). The van der Waals surface area contributed by atoms with E-state index < -0.39 is 0 Å². The maximum absolute atomic E-state index is 12.1. The molecule has 0 saturated carbocycles. The van der Waals surface area contributed by atoms with E-state index >= 15 is 0 Å². The minimum Gasteiger partial charge on any atom is -0.343 e. The molecule has 0 saturated heterocycles. The Morgan fingerprint density at radius 2 is 2.26 bits per heavy atom. The van der Waals surface area contributed by atoms with E-state index in [1.807, 2.05) is 17.5 Å². The van der Waals surface area contributed by atoms with Crippen molar-refractivity contribution >= 4 is 28.9 Å².